The summed E-state index contributed by atoms with van der Waals surface area (Å²) in [5.74, 6) is 0. The first-order valence-electron chi connectivity index (χ1n) is 7.27. The predicted octanol–water partition coefficient (Wildman–Crippen LogP) is 3.26. The van der Waals surface area contributed by atoms with Crippen molar-refractivity contribution in [3.8, 4) is 0 Å². The number of rotatable bonds is 3. The minimum atomic E-state index is -4.59. The van der Waals surface area contributed by atoms with Gasteiger partial charge in [0.15, 0.2) is 0 Å². The van der Waals surface area contributed by atoms with Crippen molar-refractivity contribution in [2.75, 3.05) is 0 Å². The van der Waals surface area contributed by atoms with Crippen molar-refractivity contribution in [2.45, 2.75) is 69.6 Å². The highest BCUT2D eigenvalue weighted by molar-refractivity contribution is 6.02. The molecule has 6 heteroatoms. The second-order valence-corrected chi connectivity index (χ2v) is 5.82. The van der Waals surface area contributed by atoms with Crippen molar-refractivity contribution in [3.63, 3.8) is 0 Å². The molecule has 1 atom stereocenters. The zero-order valence-electron chi connectivity index (χ0n) is 11.5. The molecule has 2 aliphatic carbocycles. The number of hydrogen-bond donors (Lipinski definition) is 3. The maximum atomic E-state index is 12.5. The van der Waals surface area contributed by atoms with E-state index in [4.69, 9.17) is 11.1 Å². The van der Waals surface area contributed by atoms with Gasteiger partial charge in [0.25, 0.3) is 0 Å². The van der Waals surface area contributed by atoms with Crippen LogP contribution in [0.2, 0.25) is 0 Å². The van der Waals surface area contributed by atoms with Crippen LogP contribution in [0, 0.1) is 5.41 Å². The number of allylic oxidation sites excluding steroid dienone is 1. The van der Waals surface area contributed by atoms with Crippen molar-refractivity contribution in [1.82, 2.24) is 5.32 Å². The van der Waals surface area contributed by atoms with E-state index in [0.717, 1.165) is 12.8 Å². The first-order valence-corrected chi connectivity index (χ1v) is 7.27. The Morgan fingerprint density at radius 1 is 1.10 bits per heavy atom. The highest BCUT2D eigenvalue weighted by Crippen LogP contribution is 2.30. The van der Waals surface area contributed by atoms with E-state index in [0.29, 0.717) is 18.9 Å². The smallest absolute Gasteiger partial charge is 0.402 e. The Balaban J connectivity index is 1.94. The standard InChI is InChI=1S/C14H22F3N3/c15-14(16,17)13(19)11-7-6-10(8-12(11)18)20-9-4-2-1-3-5-9/h9-10,19-20H,1-8,18H2. The normalized spacial score (nSPS) is 25.9. The molecule has 3 nitrogen and oxygen atoms in total. The van der Waals surface area contributed by atoms with Gasteiger partial charge in [-0.15, -0.1) is 0 Å². The summed E-state index contributed by atoms with van der Waals surface area (Å²) in [4.78, 5) is 0. The minimum Gasteiger partial charge on any atom is -0.402 e. The highest BCUT2D eigenvalue weighted by atomic mass is 19.4. The van der Waals surface area contributed by atoms with Gasteiger partial charge in [0, 0.05) is 29.8 Å². The maximum Gasteiger partial charge on any atom is 0.432 e. The lowest BCUT2D eigenvalue weighted by molar-refractivity contribution is -0.0592. The first-order chi connectivity index (χ1) is 9.38. The molecule has 0 aromatic carbocycles. The largest absolute Gasteiger partial charge is 0.432 e. The molecule has 0 aliphatic heterocycles. The van der Waals surface area contributed by atoms with E-state index >= 15 is 0 Å². The lowest BCUT2D eigenvalue weighted by atomic mass is 9.87. The van der Waals surface area contributed by atoms with Crippen LogP contribution in [-0.4, -0.2) is 24.0 Å². The fourth-order valence-corrected chi connectivity index (χ4v) is 3.17. The molecule has 0 aromatic rings. The van der Waals surface area contributed by atoms with Crippen LogP contribution in [0.4, 0.5) is 13.2 Å². The summed E-state index contributed by atoms with van der Waals surface area (Å²) in [6.07, 6.45) is 2.71. The van der Waals surface area contributed by atoms with Crippen LogP contribution >= 0.6 is 0 Å². The Labute approximate surface area is 117 Å². The van der Waals surface area contributed by atoms with E-state index in [1.165, 1.54) is 19.3 Å². The lowest BCUT2D eigenvalue weighted by Gasteiger charge is -2.32. The molecule has 0 saturated heterocycles. The number of halogens is 3. The molecule has 1 fully saturated rings. The Bertz CT molecular complexity index is 395. The zero-order valence-corrected chi connectivity index (χ0v) is 11.5. The third kappa shape index (κ3) is 3.75. The number of nitrogens with one attached hydrogen (secondary N) is 2. The molecule has 0 amide bonds. The second kappa shape index (κ2) is 6.16. The van der Waals surface area contributed by atoms with Crippen LogP contribution in [-0.2, 0) is 0 Å². The summed E-state index contributed by atoms with van der Waals surface area (Å²) in [7, 11) is 0. The quantitative estimate of drug-likeness (QED) is 0.698. The molecule has 0 spiro atoms. The van der Waals surface area contributed by atoms with E-state index < -0.39 is 11.9 Å². The van der Waals surface area contributed by atoms with Gasteiger partial charge in [-0.25, -0.2) is 0 Å². The lowest BCUT2D eigenvalue weighted by Crippen LogP contribution is -2.42. The molecule has 4 N–H and O–H groups in total. The van der Waals surface area contributed by atoms with E-state index in [1.54, 1.807) is 0 Å². The average molecular weight is 289 g/mol. The summed E-state index contributed by atoms with van der Waals surface area (Å²) in [5.41, 5.74) is 4.71. The second-order valence-electron chi connectivity index (χ2n) is 5.82. The SMILES string of the molecule is N=C(C1=C(N)CC(NC2CCCCC2)CC1)C(F)(F)F. The van der Waals surface area contributed by atoms with Gasteiger partial charge in [-0.05, 0) is 25.7 Å². The van der Waals surface area contributed by atoms with Crippen molar-refractivity contribution in [3.05, 3.63) is 11.3 Å². The summed E-state index contributed by atoms with van der Waals surface area (Å²) >= 11 is 0. The number of nitrogens with two attached hydrogens (primary N) is 1. The fraction of sp³-hybridized carbons (Fsp3) is 0.786. The summed E-state index contributed by atoms with van der Waals surface area (Å²) in [6, 6.07) is 0.632. The van der Waals surface area contributed by atoms with Gasteiger partial charge in [-0.2, -0.15) is 13.2 Å². The van der Waals surface area contributed by atoms with Crippen LogP contribution < -0.4 is 11.1 Å². The molecule has 0 bridgehead atoms. The number of hydrogen-bond acceptors (Lipinski definition) is 3. The molecular weight excluding hydrogens is 267 g/mol. The van der Waals surface area contributed by atoms with Gasteiger partial charge in [-0.1, -0.05) is 19.3 Å². The molecule has 1 saturated carbocycles. The summed E-state index contributed by atoms with van der Waals surface area (Å²) < 4.78 is 37.6. The molecule has 0 heterocycles. The van der Waals surface area contributed by atoms with E-state index in [9.17, 15) is 13.2 Å². The van der Waals surface area contributed by atoms with Crippen LogP contribution in [0.3, 0.4) is 0 Å². The van der Waals surface area contributed by atoms with Crippen molar-refractivity contribution >= 4 is 5.71 Å². The van der Waals surface area contributed by atoms with E-state index in [1.807, 2.05) is 0 Å². The Morgan fingerprint density at radius 2 is 1.75 bits per heavy atom. The molecule has 2 aliphatic rings. The topological polar surface area (TPSA) is 61.9 Å². The maximum absolute atomic E-state index is 12.5. The third-order valence-corrected chi connectivity index (χ3v) is 4.26. The molecule has 20 heavy (non-hydrogen) atoms. The Hall–Kier alpha value is -1.04. The van der Waals surface area contributed by atoms with Gasteiger partial charge in [-0.3, -0.25) is 5.41 Å². The predicted molar refractivity (Wildman–Crippen MR) is 72.6 cm³/mol. The van der Waals surface area contributed by atoms with Gasteiger partial charge in [0.1, 0.15) is 5.71 Å². The number of alkyl halides is 3. The minimum absolute atomic E-state index is 0.0146. The van der Waals surface area contributed by atoms with Crippen molar-refractivity contribution < 1.29 is 13.2 Å². The first kappa shape index (κ1) is 15.4. The average Bonchev–Trinajstić information content (AvgIpc) is 2.38. The molecular formula is C14H22F3N3. The van der Waals surface area contributed by atoms with E-state index in [2.05, 4.69) is 5.32 Å². The van der Waals surface area contributed by atoms with Crippen molar-refractivity contribution in [2.24, 2.45) is 5.73 Å². The van der Waals surface area contributed by atoms with E-state index in [-0.39, 0.29) is 23.7 Å². The fourth-order valence-electron chi connectivity index (χ4n) is 3.17. The monoisotopic (exact) mass is 289 g/mol. The van der Waals surface area contributed by atoms with Gasteiger partial charge in [0.2, 0.25) is 0 Å². The molecule has 0 aromatic heterocycles. The summed E-state index contributed by atoms with van der Waals surface area (Å²) in [6.45, 7) is 0. The van der Waals surface area contributed by atoms with Crippen LogP contribution in [0.15, 0.2) is 11.3 Å². The Morgan fingerprint density at radius 3 is 2.30 bits per heavy atom. The summed E-state index contributed by atoms with van der Waals surface area (Å²) in [5, 5.41) is 10.7. The van der Waals surface area contributed by atoms with Crippen molar-refractivity contribution in [1.29, 1.82) is 5.41 Å². The van der Waals surface area contributed by atoms with Crippen LogP contribution in [0.25, 0.3) is 0 Å². The highest BCUT2D eigenvalue weighted by Gasteiger charge is 2.38. The molecule has 2 rings (SSSR count). The molecule has 0 radical (unpaired) electrons. The van der Waals surface area contributed by atoms with Gasteiger partial charge < -0.3 is 11.1 Å². The zero-order chi connectivity index (χ0) is 14.8. The molecule has 1 unspecified atom stereocenters. The van der Waals surface area contributed by atoms with Crippen LogP contribution in [0.5, 0.6) is 0 Å². The van der Waals surface area contributed by atoms with Gasteiger partial charge >= 0.3 is 6.18 Å². The molecule has 114 valence electrons. The third-order valence-electron chi connectivity index (χ3n) is 4.26. The van der Waals surface area contributed by atoms with Crippen LogP contribution in [0.1, 0.15) is 51.4 Å². The van der Waals surface area contributed by atoms with Gasteiger partial charge in [0.05, 0.1) is 0 Å². The Kier molecular flexibility index (Phi) is 4.73.